The molecule has 0 spiro atoms. The van der Waals surface area contributed by atoms with Crippen molar-refractivity contribution in [2.24, 2.45) is 5.73 Å². The number of hydrogen-bond acceptors (Lipinski definition) is 2. The van der Waals surface area contributed by atoms with Crippen molar-refractivity contribution in [1.29, 1.82) is 0 Å². The third-order valence-electron chi connectivity index (χ3n) is 3.27. The van der Waals surface area contributed by atoms with Crippen molar-refractivity contribution in [2.45, 2.75) is 39.0 Å². The number of hydrogen-bond donors (Lipinski definition) is 1. The first-order valence-electron chi connectivity index (χ1n) is 6.72. The van der Waals surface area contributed by atoms with E-state index in [4.69, 9.17) is 5.73 Å². The van der Waals surface area contributed by atoms with E-state index in [2.05, 4.69) is 4.98 Å². The van der Waals surface area contributed by atoms with E-state index in [-0.39, 0.29) is 24.5 Å². The Morgan fingerprint density at radius 3 is 2.05 bits per heavy atom. The Labute approximate surface area is 133 Å². The molecule has 1 aromatic carbocycles. The van der Waals surface area contributed by atoms with Gasteiger partial charge in [0.25, 0.3) is 0 Å². The monoisotopic (exact) mass is 333 g/mol. The SMILES string of the molecule is CC(C)n1cc(C(F)(F)F)nc1-c1ccc([C@@H](C)N)cc1.Cl. The highest BCUT2D eigenvalue weighted by atomic mass is 35.5. The molecule has 2 aromatic rings. The van der Waals surface area contributed by atoms with Crippen molar-refractivity contribution < 1.29 is 13.2 Å². The van der Waals surface area contributed by atoms with E-state index in [1.54, 1.807) is 12.1 Å². The van der Waals surface area contributed by atoms with Crippen LogP contribution in [0.25, 0.3) is 11.4 Å². The van der Waals surface area contributed by atoms with Gasteiger partial charge in [0.1, 0.15) is 5.82 Å². The summed E-state index contributed by atoms with van der Waals surface area (Å²) in [5.41, 5.74) is 6.47. The van der Waals surface area contributed by atoms with Gasteiger partial charge in [-0.05, 0) is 26.3 Å². The standard InChI is InChI=1S/C15H18F3N3.ClH/c1-9(2)21-8-13(15(16,17)18)20-14(21)12-6-4-11(5-7-12)10(3)19;/h4-10H,19H2,1-3H3;1H/t10-;/m1./s1. The summed E-state index contributed by atoms with van der Waals surface area (Å²) in [6, 6.07) is 6.89. The van der Waals surface area contributed by atoms with E-state index >= 15 is 0 Å². The number of aromatic nitrogens is 2. The Balaban J connectivity index is 0.00000242. The third kappa shape index (κ3) is 3.81. The molecule has 0 aliphatic carbocycles. The maximum Gasteiger partial charge on any atom is 0.434 e. The lowest BCUT2D eigenvalue weighted by Gasteiger charge is -2.12. The molecule has 0 aliphatic heterocycles. The normalized spacial score (nSPS) is 13.1. The van der Waals surface area contributed by atoms with Crippen molar-refractivity contribution in [2.75, 3.05) is 0 Å². The van der Waals surface area contributed by atoms with Gasteiger partial charge in [0, 0.05) is 23.8 Å². The van der Waals surface area contributed by atoms with Crippen molar-refractivity contribution in [1.82, 2.24) is 9.55 Å². The van der Waals surface area contributed by atoms with Crippen LogP contribution in [0.2, 0.25) is 0 Å². The fraction of sp³-hybridized carbons (Fsp3) is 0.400. The lowest BCUT2D eigenvalue weighted by molar-refractivity contribution is -0.140. The molecule has 22 heavy (non-hydrogen) atoms. The quantitative estimate of drug-likeness (QED) is 0.892. The molecule has 3 nitrogen and oxygen atoms in total. The highest BCUT2D eigenvalue weighted by molar-refractivity contribution is 5.85. The Morgan fingerprint density at radius 2 is 1.64 bits per heavy atom. The summed E-state index contributed by atoms with van der Waals surface area (Å²) >= 11 is 0. The number of benzene rings is 1. The van der Waals surface area contributed by atoms with Gasteiger partial charge >= 0.3 is 6.18 Å². The maximum absolute atomic E-state index is 12.8. The van der Waals surface area contributed by atoms with E-state index in [0.717, 1.165) is 11.8 Å². The first-order chi connectivity index (χ1) is 9.70. The van der Waals surface area contributed by atoms with Crippen molar-refractivity contribution in [3.63, 3.8) is 0 Å². The van der Waals surface area contributed by atoms with Crippen molar-refractivity contribution >= 4 is 12.4 Å². The van der Waals surface area contributed by atoms with Crippen LogP contribution in [0.4, 0.5) is 13.2 Å². The molecule has 1 aromatic heterocycles. The van der Waals surface area contributed by atoms with Crippen LogP contribution in [0.3, 0.4) is 0 Å². The van der Waals surface area contributed by atoms with Gasteiger partial charge in [-0.1, -0.05) is 24.3 Å². The number of alkyl halides is 3. The highest BCUT2D eigenvalue weighted by Gasteiger charge is 2.35. The zero-order chi connectivity index (χ0) is 15.8. The molecule has 2 N–H and O–H groups in total. The zero-order valence-corrected chi connectivity index (χ0v) is 13.4. The minimum Gasteiger partial charge on any atom is -0.328 e. The highest BCUT2D eigenvalue weighted by Crippen LogP contribution is 2.32. The number of halogens is 4. The first-order valence-corrected chi connectivity index (χ1v) is 6.72. The van der Waals surface area contributed by atoms with Gasteiger partial charge in [-0.25, -0.2) is 4.98 Å². The van der Waals surface area contributed by atoms with Crippen LogP contribution in [0.5, 0.6) is 0 Å². The number of nitrogens with zero attached hydrogens (tertiary/aromatic N) is 2. The lowest BCUT2D eigenvalue weighted by Crippen LogP contribution is -2.05. The molecule has 0 radical (unpaired) electrons. The van der Waals surface area contributed by atoms with Gasteiger partial charge in [0.2, 0.25) is 0 Å². The fourth-order valence-corrected chi connectivity index (χ4v) is 2.07. The van der Waals surface area contributed by atoms with E-state index in [9.17, 15) is 13.2 Å². The Bertz CT molecular complexity index is 616. The first kappa shape index (κ1) is 18.5. The second-order valence-electron chi connectivity index (χ2n) is 5.36. The predicted octanol–water partition coefficient (Wildman–Crippen LogP) is 4.59. The Kier molecular flexibility index (Phi) is 5.65. The number of nitrogens with two attached hydrogens (primary N) is 1. The van der Waals surface area contributed by atoms with Gasteiger partial charge in [-0.2, -0.15) is 13.2 Å². The van der Waals surface area contributed by atoms with Crippen molar-refractivity contribution in [3.05, 3.63) is 41.7 Å². The minimum absolute atomic E-state index is 0. The Morgan fingerprint density at radius 1 is 1.09 bits per heavy atom. The molecule has 122 valence electrons. The van der Waals surface area contributed by atoms with Gasteiger partial charge in [-0.15, -0.1) is 12.4 Å². The molecule has 0 saturated heterocycles. The van der Waals surface area contributed by atoms with Crippen LogP contribution in [-0.2, 0) is 6.18 Å². The zero-order valence-electron chi connectivity index (χ0n) is 12.6. The molecule has 1 heterocycles. The van der Waals surface area contributed by atoms with Gasteiger partial charge in [0.05, 0.1) is 0 Å². The molecular formula is C15H19ClF3N3. The molecule has 2 rings (SSSR count). The topological polar surface area (TPSA) is 43.8 Å². The summed E-state index contributed by atoms with van der Waals surface area (Å²) in [5, 5.41) is 0. The van der Waals surface area contributed by atoms with Crippen LogP contribution in [-0.4, -0.2) is 9.55 Å². The lowest BCUT2D eigenvalue weighted by atomic mass is 10.1. The summed E-state index contributed by atoms with van der Waals surface area (Å²) in [5.74, 6) is 0.313. The molecule has 7 heteroatoms. The fourth-order valence-electron chi connectivity index (χ4n) is 2.07. The van der Waals surface area contributed by atoms with E-state index in [0.29, 0.717) is 11.4 Å². The minimum atomic E-state index is -4.44. The van der Waals surface area contributed by atoms with Gasteiger partial charge < -0.3 is 10.3 Å². The van der Waals surface area contributed by atoms with Crippen LogP contribution < -0.4 is 5.73 Å². The summed E-state index contributed by atoms with van der Waals surface area (Å²) in [4.78, 5) is 3.75. The molecule has 0 fully saturated rings. The van der Waals surface area contributed by atoms with E-state index in [1.165, 1.54) is 4.57 Å². The molecule has 0 unspecified atom stereocenters. The van der Waals surface area contributed by atoms with E-state index in [1.807, 2.05) is 32.9 Å². The van der Waals surface area contributed by atoms with Crippen LogP contribution in [0, 0.1) is 0 Å². The molecule has 0 bridgehead atoms. The van der Waals surface area contributed by atoms with Gasteiger partial charge in [-0.3, -0.25) is 0 Å². The smallest absolute Gasteiger partial charge is 0.328 e. The number of rotatable bonds is 3. The number of imidazole rings is 1. The van der Waals surface area contributed by atoms with E-state index < -0.39 is 11.9 Å². The van der Waals surface area contributed by atoms with Crippen molar-refractivity contribution in [3.8, 4) is 11.4 Å². The largest absolute Gasteiger partial charge is 0.434 e. The summed E-state index contributed by atoms with van der Waals surface area (Å²) in [6.07, 6.45) is -3.39. The average molecular weight is 334 g/mol. The van der Waals surface area contributed by atoms with Crippen LogP contribution in [0.15, 0.2) is 30.5 Å². The Hall–Kier alpha value is -1.53. The molecule has 1 atom stereocenters. The summed E-state index contributed by atoms with van der Waals surface area (Å²) < 4.78 is 40.0. The summed E-state index contributed by atoms with van der Waals surface area (Å²) in [6.45, 7) is 5.50. The predicted molar refractivity (Wildman–Crippen MR) is 82.9 cm³/mol. The van der Waals surface area contributed by atoms with Crippen LogP contribution in [0.1, 0.15) is 44.1 Å². The molecule has 0 amide bonds. The second kappa shape index (κ2) is 6.71. The average Bonchev–Trinajstić information content (AvgIpc) is 2.83. The maximum atomic E-state index is 12.8. The molecule has 0 aliphatic rings. The molecule has 0 saturated carbocycles. The van der Waals surface area contributed by atoms with Crippen LogP contribution >= 0.6 is 12.4 Å². The third-order valence-corrected chi connectivity index (χ3v) is 3.27. The molecular weight excluding hydrogens is 315 g/mol. The second-order valence-corrected chi connectivity index (χ2v) is 5.36. The summed E-state index contributed by atoms with van der Waals surface area (Å²) in [7, 11) is 0. The van der Waals surface area contributed by atoms with Gasteiger partial charge in [0.15, 0.2) is 5.69 Å².